The number of methoxy groups -OCH3 is 1. The molecule has 1 aliphatic rings. The fourth-order valence-corrected chi connectivity index (χ4v) is 3.11. The molecule has 0 fully saturated rings. The zero-order valence-corrected chi connectivity index (χ0v) is 12.4. The third-order valence-electron chi connectivity index (χ3n) is 4.13. The molecule has 0 unspecified atom stereocenters. The van der Waals surface area contributed by atoms with Crippen LogP contribution in [0.25, 0.3) is 10.9 Å². The average Bonchev–Trinajstić information content (AvgIpc) is 2.95. The van der Waals surface area contributed by atoms with Gasteiger partial charge in [0.2, 0.25) is 0 Å². The van der Waals surface area contributed by atoms with Crippen LogP contribution in [0.3, 0.4) is 0 Å². The molecule has 0 spiro atoms. The molecule has 0 bridgehead atoms. The first-order valence-corrected chi connectivity index (χ1v) is 7.11. The minimum atomic E-state index is -0.787. The first-order valence-electron chi connectivity index (χ1n) is 7.11. The number of aryl methyl sites for hydroxylation is 1. The third kappa shape index (κ3) is 2.66. The van der Waals surface area contributed by atoms with E-state index in [0.29, 0.717) is 0 Å². The number of aliphatic carboxylic acids is 1. The van der Waals surface area contributed by atoms with Crippen molar-refractivity contribution in [2.75, 3.05) is 20.3 Å². The Balaban J connectivity index is 1.94. The average molecular weight is 288 g/mol. The molecule has 1 N–H and O–H groups in total. The highest BCUT2D eigenvalue weighted by Crippen LogP contribution is 2.30. The standard InChI is InChI=1S/C16H20N2O3/c1-17-8-13(7-16(19)20)14-5-11-9-18(3-4-21-2)10-12(11)6-15(14)17/h5-6,8H,3-4,7,9-10H2,1-2H3,(H,19,20). The van der Waals surface area contributed by atoms with Gasteiger partial charge in [-0.15, -0.1) is 0 Å². The van der Waals surface area contributed by atoms with E-state index in [0.717, 1.165) is 42.7 Å². The predicted octanol–water partition coefficient (Wildman–Crippen LogP) is 1.77. The van der Waals surface area contributed by atoms with Crippen LogP contribution in [0.5, 0.6) is 0 Å². The molecule has 5 heteroatoms. The smallest absolute Gasteiger partial charge is 0.307 e. The quantitative estimate of drug-likeness (QED) is 0.911. The number of ether oxygens (including phenoxy) is 1. The molecular formula is C16H20N2O3. The van der Waals surface area contributed by atoms with Crippen molar-refractivity contribution < 1.29 is 14.6 Å². The van der Waals surface area contributed by atoms with Crippen molar-refractivity contribution in [1.82, 2.24) is 9.47 Å². The van der Waals surface area contributed by atoms with Crippen LogP contribution in [0.2, 0.25) is 0 Å². The summed E-state index contributed by atoms with van der Waals surface area (Å²) in [5.74, 6) is -0.787. The van der Waals surface area contributed by atoms with E-state index in [1.807, 2.05) is 17.8 Å². The largest absolute Gasteiger partial charge is 0.481 e. The molecule has 0 radical (unpaired) electrons. The molecule has 1 aromatic heterocycles. The highest BCUT2D eigenvalue weighted by atomic mass is 16.5. The Labute approximate surface area is 123 Å². The summed E-state index contributed by atoms with van der Waals surface area (Å²) in [6.07, 6.45) is 2.00. The molecule has 1 aliphatic heterocycles. The summed E-state index contributed by atoms with van der Waals surface area (Å²) in [5, 5.41) is 10.1. The molecular weight excluding hydrogens is 268 g/mol. The maximum Gasteiger partial charge on any atom is 0.307 e. The summed E-state index contributed by atoms with van der Waals surface area (Å²) in [5.41, 5.74) is 4.63. The van der Waals surface area contributed by atoms with Crippen LogP contribution in [0.15, 0.2) is 18.3 Å². The van der Waals surface area contributed by atoms with Gasteiger partial charge in [-0.1, -0.05) is 0 Å². The van der Waals surface area contributed by atoms with Crippen LogP contribution >= 0.6 is 0 Å². The minimum absolute atomic E-state index is 0.0729. The lowest BCUT2D eigenvalue weighted by molar-refractivity contribution is -0.136. The van der Waals surface area contributed by atoms with Gasteiger partial charge >= 0.3 is 5.97 Å². The van der Waals surface area contributed by atoms with Crippen molar-refractivity contribution in [3.05, 3.63) is 35.0 Å². The summed E-state index contributed by atoms with van der Waals surface area (Å²) in [7, 11) is 3.69. The van der Waals surface area contributed by atoms with E-state index in [1.165, 1.54) is 11.1 Å². The van der Waals surface area contributed by atoms with Crippen LogP contribution in [0.4, 0.5) is 0 Å². The second-order valence-corrected chi connectivity index (χ2v) is 5.68. The molecule has 0 saturated carbocycles. The van der Waals surface area contributed by atoms with Crippen molar-refractivity contribution in [2.45, 2.75) is 19.5 Å². The van der Waals surface area contributed by atoms with Gasteiger partial charge in [-0.3, -0.25) is 9.69 Å². The topological polar surface area (TPSA) is 54.7 Å². The van der Waals surface area contributed by atoms with Gasteiger partial charge in [-0.2, -0.15) is 0 Å². The number of rotatable bonds is 5. The monoisotopic (exact) mass is 288 g/mol. The number of nitrogens with zero attached hydrogens (tertiary/aromatic N) is 2. The van der Waals surface area contributed by atoms with E-state index in [-0.39, 0.29) is 6.42 Å². The predicted molar refractivity (Wildman–Crippen MR) is 80.2 cm³/mol. The highest BCUT2D eigenvalue weighted by molar-refractivity contribution is 5.89. The lowest BCUT2D eigenvalue weighted by atomic mass is 10.0. The number of hydrogen-bond acceptors (Lipinski definition) is 3. The zero-order chi connectivity index (χ0) is 15.0. The molecule has 0 amide bonds. The lowest BCUT2D eigenvalue weighted by Crippen LogP contribution is -2.21. The first-order chi connectivity index (χ1) is 10.1. The molecule has 0 atom stereocenters. The van der Waals surface area contributed by atoms with Crippen molar-refractivity contribution in [3.63, 3.8) is 0 Å². The van der Waals surface area contributed by atoms with Gasteiger partial charge in [-0.05, 0) is 28.8 Å². The number of carboxylic acids is 1. The van der Waals surface area contributed by atoms with Gasteiger partial charge in [0, 0.05) is 50.9 Å². The lowest BCUT2D eigenvalue weighted by Gasteiger charge is -2.13. The molecule has 5 nitrogen and oxygen atoms in total. The van der Waals surface area contributed by atoms with Gasteiger partial charge in [0.1, 0.15) is 0 Å². The number of carbonyl (C=O) groups is 1. The van der Waals surface area contributed by atoms with E-state index in [2.05, 4.69) is 17.0 Å². The van der Waals surface area contributed by atoms with E-state index in [9.17, 15) is 4.79 Å². The minimum Gasteiger partial charge on any atom is -0.481 e. The van der Waals surface area contributed by atoms with Crippen molar-refractivity contribution >= 4 is 16.9 Å². The molecule has 2 aromatic rings. The number of benzene rings is 1. The second kappa shape index (κ2) is 5.50. The Morgan fingerprint density at radius 1 is 1.33 bits per heavy atom. The molecule has 21 heavy (non-hydrogen) atoms. The van der Waals surface area contributed by atoms with Crippen molar-refractivity contribution in [1.29, 1.82) is 0 Å². The highest BCUT2D eigenvalue weighted by Gasteiger charge is 2.21. The van der Waals surface area contributed by atoms with Gasteiger partial charge < -0.3 is 14.4 Å². The maximum atomic E-state index is 11.0. The second-order valence-electron chi connectivity index (χ2n) is 5.68. The summed E-state index contributed by atoms with van der Waals surface area (Å²) >= 11 is 0. The molecule has 1 aromatic carbocycles. The van der Waals surface area contributed by atoms with E-state index >= 15 is 0 Å². The molecule has 3 rings (SSSR count). The Hall–Kier alpha value is -1.85. The van der Waals surface area contributed by atoms with Crippen LogP contribution < -0.4 is 0 Å². The van der Waals surface area contributed by atoms with Crippen LogP contribution in [-0.4, -0.2) is 40.8 Å². The Kier molecular flexibility index (Phi) is 3.69. The molecule has 0 aliphatic carbocycles. The summed E-state index contributed by atoms with van der Waals surface area (Å²) in [6, 6.07) is 4.36. The summed E-state index contributed by atoms with van der Waals surface area (Å²) < 4.78 is 7.16. The van der Waals surface area contributed by atoms with Crippen LogP contribution in [0.1, 0.15) is 16.7 Å². The summed E-state index contributed by atoms with van der Waals surface area (Å²) in [4.78, 5) is 13.3. The molecule has 2 heterocycles. The Morgan fingerprint density at radius 2 is 2.05 bits per heavy atom. The fourth-order valence-electron chi connectivity index (χ4n) is 3.11. The third-order valence-corrected chi connectivity index (χ3v) is 4.13. The zero-order valence-electron chi connectivity index (χ0n) is 12.4. The van der Waals surface area contributed by atoms with E-state index in [4.69, 9.17) is 9.84 Å². The van der Waals surface area contributed by atoms with E-state index in [1.54, 1.807) is 7.11 Å². The summed E-state index contributed by atoms with van der Waals surface area (Å²) in [6.45, 7) is 3.51. The van der Waals surface area contributed by atoms with Gasteiger partial charge in [0.05, 0.1) is 13.0 Å². The maximum absolute atomic E-state index is 11.0. The van der Waals surface area contributed by atoms with E-state index < -0.39 is 5.97 Å². The van der Waals surface area contributed by atoms with Crippen LogP contribution in [0, 0.1) is 0 Å². The SMILES string of the molecule is COCCN1Cc2cc3c(CC(=O)O)cn(C)c3cc2C1. The Morgan fingerprint density at radius 3 is 2.71 bits per heavy atom. The Bertz CT molecular complexity index is 690. The van der Waals surface area contributed by atoms with Crippen LogP contribution in [-0.2, 0) is 36.1 Å². The number of hydrogen-bond donors (Lipinski definition) is 1. The van der Waals surface area contributed by atoms with Crippen molar-refractivity contribution in [3.8, 4) is 0 Å². The molecule has 0 saturated heterocycles. The van der Waals surface area contributed by atoms with Gasteiger partial charge in [0.15, 0.2) is 0 Å². The molecule has 112 valence electrons. The normalized spacial score (nSPS) is 14.8. The number of carboxylic acid groups (broad SMARTS) is 1. The fraction of sp³-hybridized carbons (Fsp3) is 0.438. The van der Waals surface area contributed by atoms with Gasteiger partial charge in [0.25, 0.3) is 0 Å². The van der Waals surface area contributed by atoms with Crippen molar-refractivity contribution in [2.24, 2.45) is 7.05 Å². The first kappa shape index (κ1) is 14.1. The number of aromatic nitrogens is 1. The number of fused-ring (bicyclic) bond motifs is 2. The van der Waals surface area contributed by atoms with Gasteiger partial charge in [-0.25, -0.2) is 0 Å².